The quantitative estimate of drug-likeness (QED) is 0.237. The number of carbonyl (C=O) groups excluding carboxylic acids is 2. The third-order valence-electron chi connectivity index (χ3n) is 6.69. The molecule has 0 saturated heterocycles. The van der Waals surface area contributed by atoms with Gasteiger partial charge in [-0.05, 0) is 56.2 Å². The second-order valence-electron chi connectivity index (χ2n) is 9.44. The Morgan fingerprint density at radius 3 is 2.66 bits per heavy atom. The Labute approximate surface area is 220 Å². The summed E-state index contributed by atoms with van der Waals surface area (Å²) >= 11 is 1.44. The first-order valence-corrected chi connectivity index (χ1v) is 13.0. The molecular weight excluding hydrogens is 498 g/mol. The van der Waals surface area contributed by atoms with Gasteiger partial charge in [-0.3, -0.25) is 29.6 Å². The zero-order valence-corrected chi connectivity index (χ0v) is 21.1. The Morgan fingerprint density at radius 2 is 1.84 bits per heavy atom. The molecule has 3 N–H and O–H groups in total. The highest BCUT2D eigenvalue weighted by atomic mass is 32.1. The molecule has 1 saturated carbocycles. The van der Waals surface area contributed by atoms with Gasteiger partial charge in [-0.2, -0.15) is 5.10 Å². The van der Waals surface area contributed by atoms with Crippen LogP contribution >= 0.6 is 11.3 Å². The number of amides is 1. The van der Waals surface area contributed by atoms with Crippen LogP contribution in [0, 0.1) is 5.92 Å². The van der Waals surface area contributed by atoms with Crippen molar-refractivity contribution in [1.29, 1.82) is 0 Å². The molecule has 1 amide bonds. The number of fused-ring (bicyclic) bond motifs is 2. The van der Waals surface area contributed by atoms with Crippen LogP contribution in [-0.4, -0.2) is 41.8 Å². The van der Waals surface area contributed by atoms with Gasteiger partial charge in [0.1, 0.15) is 5.69 Å². The van der Waals surface area contributed by atoms with E-state index in [2.05, 4.69) is 35.5 Å². The van der Waals surface area contributed by atoms with Crippen LogP contribution in [0.15, 0.2) is 61.2 Å². The average Bonchev–Trinajstić information content (AvgIpc) is 3.32. The molecule has 9 nitrogen and oxygen atoms in total. The van der Waals surface area contributed by atoms with Crippen LogP contribution in [0.4, 0.5) is 5.69 Å². The fourth-order valence-electron chi connectivity index (χ4n) is 4.55. The molecule has 0 unspecified atom stereocenters. The number of Topliss-reactive ketones (excluding diaryl/α,β-unsaturated/α-hetero) is 1. The Balaban J connectivity index is 1.27. The van der Waals surface area contributed by atoms with Crippen LogP contribution in [0.25, 0.3) is 55.0 Å². The van der Waals surface area contributed by atoms with Gasteiger partial charge in [0.25, 0.3) is 0 Å². The summed E-state index contributed by atoms with van der Waals surface area (Å²) in [5.41, 5.74) is 6.33. The molecule has 6 heterocycles. The molecule has 1 aliphatic carbocycles. The first kappa shape index (κ1) is 22.5. The number of H-pyrrole nitrogens is 2. The van der Waals surface area contributed by atoms with Crippen molar-refractivity contribution in [3.05, 3.63) is 66.1 Å². The Hall–Kier alpha value is -4.70. The number of pyridine rings is 3. The second-order valence-corrected chi connectivity index (χ2v) is 10.5. The van der Waals surface area contributed by atoms with Gasteiger partial charge >= 0.3 is 0 Å². The lowest BCUT2D eigenvalue weighted by atomic mass is 10.1. The van der Waals surface area contributed by atoms with Crippen LogP contribution in [0.1, 0.15) is 29.4 Å². The molecule has 186 valence electrons. The van der Waals surface area contributed by atoms with Crippen LogP contribution < -0.4 is 5.32 Å². The highest BCUT2D eigenvalue weighted by Crippen LogP contribution is 2.36. The van der Waals surface area contributed by atoms with E-state index in [1.165, 1.54) is 11.3 Å². The lowest BCUT2D eigenvalue weighted by molar-refractivity contribution is -0.117. The zero-order chi connectivity index (χ0) is 25.8. The minimum absolute atomic E-state index is 0.0391. The molecule has 10 heteroatoms. The lowest BCUT2D eigenvalue weighted by Crippen LogP contribution is -2.13. The number of nitrogens with one attached hydrogen (secondary N) is 3. The van der Waals surface area contributed by atoms with E-state index in [1.807, 2.05) is 36.4 Å². The standard InChI is InChI=1S/C28H21N7O2S/c1-14(36)24-4-5-25(38-24)27-18-10-22(33-20(18)6-7-30-27)26-19-9-21(31-13-23(19)34-35-26)16-8-17(12-29-11-16)32-28(37)15-2-3-15/h4-13,15,33H,2-3H2,1H3,(H,32,37)(H,34,35). The molecule has 0 aromatic carbocycles. The topological polar surface area (TPSA) is 129 Å². The van der Waals surface area contributed by atoms with Gasteiger partial charge in [-0.25, -0.2) is 0 Å². The molecular formula is C28H21N7O2S. The van der Waals surface area contributed by atoms with E-state index in [4.69, 9.17) is 0 Å². The molecule has 1 aliphatic rings. The van der Waals surface area contributed by atoms with Crippen molar-refractivity contribution < 1.29 is 9.59 Å². The van der Waals surface area contributed by atoms with Crippen molar-refractivity contribution in [2.75, 3.05) is 5.32 Å². The molecule has 0 spiro atoms. The van der Waals surface area contributed by atoms with Gasteiger partial charge in [-0.1, -0.05) is 0 Å². The van der Waals surface area contributed by atoms with Gasteiger partial charge in [0, 0.05) is 40.2 Å². The van der Waals surface area contributed by atoms with Gasteiger partial charge in [0.15, 0.2) is 5.78 Å². The van der Waals surface area contributed by atoms with Crippen LogP contribution in [0.2, 0.25) is 0 Å². The van der Waals surface area contributed by atoms with E-state index in [0.717, 1.165) is 67.9 Å². The number of nitrogens with zero attached hydrogens (tertiary/aromatic N) is 4. The number of anilines is 1. The Morgan fingerprint density at radius 1 is 0.974 bits per heavy atom. The number of carbonyl (C=O) groups is 2. The summed E-state index contributed by atoms with van der Waals surface area (Å²) in [5, 5.41) is 12.5. The minimum Gasteiger partial charge on any atom is -0.353 e. The first-order valence-electron chi connectivity index (χ1n) is 12.2. The SMILES string of the molecule is CC(=O)c1ccc(-c2nccc3[nH]c(-c4n[nH]c5cnc(-c6cncc(NC(=O)C7CC7)c6)cc45)cc23)s1. The maximum atomic E-state index is 12.2. The highest BCUT2D eigenvalue weighted by molar-refractivity contribution is 7.17. The summed E-state index contributed by atoms with van der Waals surface area (Å²) in [6, 6.07) is 11.6. The molecule has 0 radical (unpaired) electrons. The summed E-state index contributed by atoms with van der Waals surface area (Å²) in [5.74, 6) is 0.198. The number of aromatic nitrogens is 6. The van der Waals surface area contributed by atoms with Crippen LogP contribution in [0.3, 0.4) is 0 Å². The number of thiophene rings is 1. The summed E-state index contributed by atoms with van der Waals surface area (Å²) < 4.78 is 0. The van der Waals surface area contributed by atoms with E-state index < -0.39 is 0 Å². The third-order valence-corrected chi connectivity index (χ3v) is 7.88. The van der Waals surface area contributed by atoms with Gasteiger partial charge in [-0.15, -0.1) is 11.3 Å². The fourth-order valence-corrected chi connectivity index (χ4v) is 5.46. The number of hydrogen-bond donors (Lipinski definition) is 3. The molecule has 7 rings (SSSR count). The van der Waals surface area contributed by atoms with Crippen molar-refractivity contribution in [1.82, 2.24) is 30.1 Å². The van der Waals surface area contributed by atoms with E-state index in [1.54, 1.807) is 31.7 Å². The molecule has 6 aromatic heterocycles. The van der Waals surface area contributed by atoms with Gasteiger partial charge in [0.2, 0.25) is 5.91 Å². The van der Waals surface area contributed by atoms with Crippen molar-refractivity contribution in [2.24, 2.45) is 5.92 Å². The first-order chi connectivity index (χ1) is 18.5. The number of ketones is 1. The summed E-state index contributed by atoms with van der Waals surface area (Å²) in [6.07, 6.45) is 8.78. The minimum atomic E-state index is 0.0391. The van der Waals surface area contributed by atoms with Crippen LogP contribution in [-0.2, 0) is 4.79 Å². The Bertz CT molecular complexity index is 1880. The smallest absolute Gasteiger partial charge is 0.227 e. The van der Waals surface area contributed by atoms with Crippen molar-refractivity contribution in [3.8, 4) is 33.2 Å². The predicted octanol–water partition coefficient (Wildman–Crippen LogP) is 5.84. The largest absolute Gasteiger partial charge is 0.353 e. The van der Waals surface area contributed by atoms with Crippen molar-refractivity contribution >= 4 is 50.5 Å². The van der Waals surface area contributed by atoms with E-state index >= 15 is 0 Å². The van der Waals surface area contributed by atoms with Crippen LogP contribution in [0.5, 0.6) is 0 Å². The highest BCUT2D eigenvalue weighted by Gasteiger charge is 2.29. The monoisotopic (exact) mass is 519 g/mol. The van der Waals surface area contributed by atoms with Crippen molar-refractivity contribution in [3.63, 3.8) is 0 Å². The maximum Gasteiger partial charge on any atom is 0.227 e. The van der Waals surface area contributed by atoms with E-state index in [0.29, 0.717) is 10.6 Å². The van der Waals surface area contributed by atoms with Gasteiger partial charge in [0.05, 0.1) is 50.4 Å². The van der Waals surface area contributed by atoms with E-state index in [-0.39, 0.29) is 17.6 Å². The Kier molecular flexibility index (Phi) is 5.15. The maximum absolute atomic E-state index is 12.2. The molecule has 0 bridgehead atoms. The summed E-state index contributed by atoms with van der Waals surface area (Å²) in [7, 11) is 0. The second kappa shape index (κ2) is 8.70. The molecule has 1 fully saturated rings. The number of rotatable bonds is 6. The lowest BCUT2D eigenvalue weighted by Gasteiger charge is -2.06. The fraction of sp³-hybridized carbons (Fsp3) is 0.143. The van der Waals surface area contributed by atoms with E-state index in [9.17, 15) is 9.59 Å². The average molecular weight is 520 g/mol. The van der Waals surface area contributed by atoms with Gasteiger partial charge < -0.3 is 10.3 Å². The number of hydrogen-bond acceptors (Lipinski definition) is 7. The number of aromatic amines is 2. The zero-order valence-electron chi connectivity index (χ0n) is 20.3. The molecule has 0 aliphatic heterocycles. The summed E-state index contributed by atoms with van der Waals surface area (Å²) in [4.78, 5) is 42.6. The molecule has 38 heavy (non-hydrogen) atoms. The third kappa shape index (κ3) is 3.95. The normalized spacial score (nSPS) is 13.3. The molecule has 6 aromatic rings. The molecule has 0 atom stereocenters. The predicted molar refractivity (Wildman–Crippen MR) is 147 cm³/mol. The summed E-state index contributed by atoms with van der Waals surface area (Å²) in [6.45, 7) is 1.57. The van der Waals surface area contributed by atoms with Crippen molar-refractivity contribution in [2.45, 2.75) is 19.8 Å².